The molecule has 6 nitrogen and oxygen atoms in total. The van der Waals surface area contributed by atoms with E-state index in [4.69, 9.17) is 0 Å². The molecule has 1 saturated heterocycles. The normalized spacial score (nSPS) is 17.4. The third-order valence-corrected chi connectivity index (χ3v) is 6.16. The Kier molecular flexibility index (Phi) is 7.88. The van der Waals surface area contributed by atoms with Gasteiger partial charge < -0.3 is 10.2 Å². The van der Waals surface area contributed by atoms with E-state index in [-0.39, 0.29) is 4.88 Å². The maximum absolute atomic E-state index is 12.8. The molecule has 0 bridgehead atoms. The molecule has 1 atom stereocenters. The van der Waals surface area contributed by atoms with Gasteiger partial charge in [0.1, 0.15) is 17.0 Å². The molecule has 170 valence electrons. The Morgan fingerprint density at radius 2 is 2.00 bits per heavy atom. The number of anilines is 1. The highest BCUT2D eigenvalue weighted by atomic mass is 32.1. The van der Waals surface area contributed by atoms with Crippen LogP contribution in [0, 0.1) is 0 Å². The van der Waals surface area contributed by atoms with Crippen LogP contribution in [-0.2, 0) is 20.0 Å². The van der Waals surface area contributed by atoms with Crippen molar-refractivity contribution in [3.63, 3.8) is 0 Å². The maximum atomic E-state index is 12.8. The van der Waals surface area contributed by atoms with E-state index in [1.54, 1.807) is 10.7 Å². The summed E-state index contributed by atoms with van der Waals surface area (Å²) in [6, 6.07) is 1.99. The molecule has 0 aliphatic carbocycles. The Labute approximate surface area is 184 Å². The molecule has 31 heavy (non-hydrogen) atoms. The summed E-state index contributed by atoms with van der Waals surface area (Å²) in [5, 5.41) is 8.50. The van der Waals surface area contributed by atoms with E-state index in [0.717, 1.165) is 67.0 Å². The van der Waals surface area contributed by atoms with Crippen molar-refractivity contribution in [1.29, 1.82) is 0 Å². The maximum Gasteiger partial charge on any atom is 0.393 e. The van der Waals surface area contributed by atoms with Gasteiger partial charge in [0.05, 0.1) is 18.0 Å². The molecule has 3 aromatic rings. The lowest BCUT2D eigenvalue weighted by atomic mass is 10.1. The average Bonchev–Trinajstić information content (AvgIpc) is 3.24. The van der Waals surface area contributed by atoms with Gasteiger partial charge >= 0.3 is 6.18 Å². The van der Waals surface area contributed by atoms with Crippen LogP contribution in [0.1, 0.15) is 43.6 Å². The summed E-state index contributed by atoms with van der Waals surface area (Å²) in [6.45, 7) is 6.42. The van der Waals surface area contributed by atoms with Crippen LogP contribution in [0.2, 0.25) is 0 Å². The third kappa shape index (κ3) is 6.39. The SMILES string of the molecule is CC.Cn1cc(CN[C@@H]2CCCN(c3ncnc4sc(CC(F)(F)F)cc34)CC2)cn1. The molecule has 1 fully saturated rings. The van der Waals surface area contributed by atoms with Gasteiger partial charge in [0, 0.05) is 49.4 Å². The van der Waals surface area contributed by atoms with Crippen LogP contribution in [0.15, 0.2) is 24.8 Å². The van der Waals surface area contributed by atoms with E-state index in [9.17, 15) is 13.2 Å². The van der Waals surface area contributed by atoms with Crippen molar-refractivity contribution in [3.05, 3.63) is 35.2 Å². The van der Waals surface area contributed by atoms with Gasteiger partial charge in [0.2, 0.25) is 0 Å². The minimum atomic E-state index is -4.22. The summed E-state index contributed by atoms with van der Waals surface area (Å²) in [6.07, 6.45) is 3.17. The second-order valence-electron chi connectivity index (χ2n) is 7.44. The molecule has 0 radical (unpaired) electrons. The smallest absolute Gasteiger partial charge is 0.356 e. The van der Waals surface area contributed by atoms with E-state index >= 15 is 0 Å². The van der Waals surface area contributed by atoms with Gasteiger partial charge in [0.25, 0.3) is 0 Å². The summed E-state index contributed by atoms with van der Waals surface area (Å²) in [4.78, 5) is 11.7. The number of aromatic nitrogens is 4. The lowest BCUT2D eigenvalue weighted by Crippen LogP contribution is -2.30. The van der Waals surface area contributed by atoms with Crippen LogP contribution in [0.4, 0.5) is 19.0 Å². The van der Waals surface area contributed by atoms with Crippen molar-refractivity contribution >= 4 is 27.4 Å². The highest BCUT2D eigenvalue weighted by Crippen LogP contribution is 2.34. The zero-order chi connectivity index (χ0) is 22.4. The number of rotatable bonds is 5. The highest BCUT2D eigenvalue weighted by Gasteiger charge is 2.29. The van der Waals surface area contributed by atoms with Gasteiger partial charge in [0.15, 0.2) is 0 Å². The zero-order valence-corrected chi connectivity index (χ0v) is 18.9. The number of alkyl halides is 3. The van der Waals surface area contributed by atoms with Crippen LogP contribution < -0.4 is 10.2 Å². The molecule has 3 aromatic heterocycles. The Morgan fingerprint density at radius 1 is 1.19 bits per heavy atom. The van der Waals surface area contributed by atoms with Gasteiger partial charge in [-0.15, -0.1) is 11.3 Å². The van der Waals surface area contributed by atoms with Crippen molar-refractivity contribution in [2.75, 3.05) is 18.0 Å². The molecule has 4 rings (SSSR count). The number of halogens is 3. The zero-order valence-electron chi connectivity index (χ0n) is 18.1. The van der Waals surface area contributed by atoms with E-state index in [2.05, 4.69) is 25.3 Å². The summed E-state index contributed by atoms with van der Waals surface area (Å²) in [7, 11) is 1.90. The van der Waals surface area contributed by atoms with Crippen molar-refractivity contribution < 1.29 is 13.2 Å². The first kappa shape index (κ1) is 23.5. The summed E-state index contributed by atoms with van der Waals surface area (Å²) < 4.78 is 40.1. The standard InChI is InChI=1S/C19H23F3N6S.C2H6/c1-27-11-13(10-26-27)9-23-14-3-2-5-28(6-4-14)17-16-7-15(8-19(20,21)22)29-18(16)25-12-24-17;1-2/h7,10-12,14,23H,2-6,8-9H2,1H3;1-2H3/t14-;/m1./s1. The number of nitrogens with one attached hydrogen (secondary N) is 1. The van der Waals surface area contributed by atoms with Crippen LogP contribution in [0.25, 0.3) is 10.2 Å². The van der Waals surface area contributed by atoms with Gasteiger partial charge in [-0.25, -0.2) is 9.97 Å². The monoisotopic (exact) mass is 454 g/mol. The Balaban J connectivity index is 0.00000132. The van der Waals surface area contributed by atoms with E-state index in [1.165, 1.54) is 6.33 Å². The Bertz CT molecular complexity index is 968. The highest BCUT2D eigenvalue weighted by molar-refractivity contribution is 7.18. The quantitative estimate of drug-likeness (QED) is 0.605. The molecule has 1 aliphatic rings. The minimum Gasteiger partial charge on any atom is -0.356 e. The fourth-order valence-corrected chi connectivity index (χ4v) is 4.79. The van der Waals surface area contributed by atoms with Crippen molar-refractivity contribution in [3.8, 4) is 0 Å². The number of hydrogen-bond donors (Lipinski definition) is 1. The number of aryl methyl sites for hydroxylation is 1. The fourth-order valence-electron chi connectivity index (χ4n) is 3.77. The molecule has 0 spiro atoms. The van der Waals surface area contributed by atoms with Crippen LogP contribution in [0.5, 0.6) is 0 Å². The van der Waals surface area contributed by atoms with E-state index in [1.807, 2.05) is 33.3 Å². The summed E-state index contributed by atoms with van der Waals surface area (Å²) in [5.41, 5.74) is 1.15. The van der Waals surface area contributed by atoms with Crippen LogP contribution >= 0.6 is 11.3 Å². The molecular weight excluding hydrogens is 425 g/mol. The first-order chi connectivity index (χ1) is 14.9. The number of thiophene rings is 1. The predicted molar refractivity (Wildman–Crippen MR) is 118 cm³/mol. The first-order valence-electron chi connectivity index (χ1n) is 10.6. The Hall–Kier alpha value is -2.20. The second-order valence-corrected chi connectivity index (χ2v) is 8.55. The number of nitrogens with zero attached hydrogens (tertiary/aromatic N) is 5. The van der Waals surface area contributed by atoms with Crippen molar-refractivity contribution in [1.82, 2.24) is 25.1 Å². The third-order valence-electron chi connectivity index (χ3n) is 5.11. The van der Waals surface area contributed by atoms with Gasteiger partial charge in [-0.05, 0) is 25.3 Å². The second kappa shape index (κ2) is 10.4. The van der Waals surface area contributed by atoms with Crippen molar-refractivity contribution in [2.24, 2.45) is 7.05 Å². The summed E-state index contributed by atoms with van der Waals surface area (Å²) in [5.74, 6) is 0.743. The van der Waals surface area contributed by atoms with Crippen LogP contribution in [-0.4, -0.2) is 45.1 Å². The first-order valence-corrected chi connectivity index (χ1v) is 11.4. The molecule has 0 aromatic carbocycles. The fraction of sp³-hybridized carbons (Fsp3) is 0.571. The predicted octanol–water partition coefficient (Wildman–Crippen LogP) is 4.70. The van der Waals surface area contributed by atoms with Gasteiger partial charge in [-0.3, -0.25) is 4.68 Å². The molecule has 10 heteroatoms. The lowest BCUT2D eigenvalue weighted by molar-refractivity contribution is -0.126. The molecule has 1 aliphatic heterocycles. The number of hydrogen-bond acceptors (Lipinski definition) is 6. The molecule has 4 heterocycles. The molecule has 0 saturated carbocycles. The molecule has 1 N–H and O–H groups in total. The largest absolute Gasteiger partial charge is 0.393 e. The minimum absolute atomic E-state index is 0.278. The Morgan fingerprint density at radius 3 is 2.71 bits per heavy atom. The van der Waals surface area contributed by atoms with Gasteiger partial charge in [-0.2, -0.15) is 18.3 Å². The van der Waals surface area contributed by atoms with Crippen LogP contribution in [0.3, 0.4) is 0 Å². The molecular formula is C21H29F3N6S. The van der Waals surface area contributed by atoms with E-state index < -0.39 is 12.6 Å². The van der Waals surface area contributed by atoms with Gasteiger partial charge in [-0.1, -0.05) is 13.8 Å². The molecule has 0 unspecified atom stereocenters. The lowest BCUT2D eigenvalue weighted by Gasteiger charge is -2.22. The topological polar surface area (TPSA) is 58.9 Å². The average molecular weight is 455 g/mol. The van der Waals surface area contributed by atoms with E-state index in [0.29, 0.717) is 10.9 Å². The van der Waals surface area contributed by atoms with Crippen molar-refractivity contribution in [2.45, 2.75) is 58.3 Å². The summed E-state index contributed by atoms with van der Waals surface area (Å²) >= 11 is 1.10. The number of fused-ring (bicyclic) bond motifs is 1. The molecule has 0 amide bonds.